The Morgan fingerprint density at radius 2 is 0.964 bits per heavy atom. The highest BCUT2D eigenvalue weighted by molar-refractivity contribution is 5.84. The number of methoxy groups -OCH3 is 2. The third-order valence-electron chi connectivity index (χ3n) is 4.29. The number of nitrogens with zero attached hydrogens (tertiary/aromatic N) is 2. The first-order chi connectivity index (χ1) is 13.8. The van der Waals surface area contributed by atoms with Gasteiger partial charge in [0.25, 0.3) is 0 Å². The molecule has 0 aliphatic carbocycles. The number of anilines is 4. The van der Waals surface area contributed by atoms with Crippen LogP contribution >= 0.6 is 0 Å². The van der Waals surface area contributed by atoms with Crippen molar-refractivity contribution in [3.05, 3.63) is 72.8 Å². The van der Waals surface area contributed by atoms with Crippen LogP contribution in [0.25, 0.3) is 11.0 Å². The molecule has 0 saturated carbocycles. The fourth-order valence-electron chi connectivity index (χ4n) is 2.93. The lowest BCUT2D eigenvalue weighted by Gasteiger charge is -2.16. The van der Waals surface area contributed by atoms with Crippen molar-refractivity contribution in [3.63, 3.8) is 0 Å². The van der Waals surface area contributed by atoms with Gasteiger partial charge in [-0.05, 0) is 36.4 Å². The van der Waals surface area contributed by atoms with Crippen molar-refractivity contribution < 1.29 is 9.47 Å². The van der Waals surface area contributed by atoms with Gasteiger partial charge in [0.15, 0.2) is 11.6 Å². The zero-order chi connectivity index (χ0) is 19.3. The first-order valence-corrected chi connectivity index (χ1v) is 8.85. The molecule has 0 aliphatic heterocycles. The number of para-hydroxylation sites is 6. The van der Waals surface area contributed by atoms with E-state index in [-0.39, 0.29) is 0 Å². The van der Waals surface area contributed by atoms with E-state index in [1.807, 2.05) is 72.8 Å². The molecule has 0 aliphatic rings. The normalized spacial score (nSPS) is 10.5. The molecule has 0 amide bonds. The van der Waals surface area contributed by atoms with Crippen LogP contribution in [0.1, 0.15) is 0 Å². The van der Waals surface area contributed by atoms with E-state index in [1.165, 1.54) is 0 Å². The molecule has 0 bridgehead atoms. The SMILES string of the molecule is COc1ccccc1Nc1nc2ccccc2nc1Nc1ccccc1OC. The van der Waals surface area contributed by atoms with Gasteiger partial charge in [-0.1, -0.05) is 36.4 Å². The van der Waals surface area contributed by atoms with Gasteiger partial charge in [0.05, 0.1) is 36.6 Å². The molecule has 0 unspecified atom stereocenters. The Bertz CT molecular complexity index is 1030. The Balaban J connectivity index is 1.80. The van der Waals surface area contributed by atoms with E-state index in [9.17, 15) is 0 Å². The lowest BCUT2D eigenvalue weighted by atomic mass is 10.2. The van der Waals surface area contributed by atoms with Crippen LogP contribution in [0.3, 0.4) is 0 Å². The highest BCUT2D eigenvalue weighted by atomic mass is 16.5. The monoisotopic (exact) mass is 372 g/mol. The number of hydrogen-bond donors (Lipinski definition) is 2. The van der Waals surface area contributed by atoms with Gasteiger partial charge < -0.3 is 20.1 Å². The fraction of sp³-hybridized carbons (Fsp3) is 0.0909. The summed E-state index contributed by atoms with van der Waals surface area (Å²) in [4.78, 5) is 9.53. The quantitative estimate of drug-likeness (QED) is 0.489. The van der Waals surface area contributed by atoms with E-state index in [0.717, 1.165) is 33.9 Å². The van der Waals surface area contributed by atoms with Gasteiger partial charge in [-0.25, -0.2) is 9.97 Å². The second kappa shape index (κ2) is 7.84. The molecular weight excluding hydrogens is 352 g/mol. The van der Waals surface area contributed by atoms with E-state index < -0.39 is 0 Å². The number of fused-ring (bicyclic) bond motifs is 1. The Morgan fingerprint density at radius 1 is 0.571 bits per heavy atom. The fourth-order valence-corrected chi connectivity index (χ4v) is 2.93. The van der Waals surface area contributed by atoms with Crippen molar-refractivity contribution in [3.8, 4) is 11.5 Å². The minimum absolute atomic E-state index is 0.592. The number of nitrogens with one attached hydrogen (secondary N) is 2. The highest BCUT2D eigenvalue weighted by Gasteiger charge is 2.13. The molecular formula is C22H20N4O2. The summed E-state index contributed by atoms with van der Waals surface area (Å²) >= 11 is 0. The zero-order valence-corrected chi connectivity index (χ0v) is 15.6. The van der Waals surface area contributed by atoms with Crippen LogP contribution in [0.2, 0.25) is 0 Å². The predicted octanol–water partition coefficient (Wildman–Crippen LogP) is 5.13. The molecule has 2 N–H and O–H groups in total. The molecule has 1 aromatic heterocycles. The molecule has 3 aromatic carbocycles. The third-order valence-corrected chi connectivity index (χ3v) is 4.29. The number of hydrogen-bond acceptors (Lipinski definition) is 6. The summed E-state index contributed by atoms with van der Waals surface area (Å²) < 4.78 is 10.9. The molecule has 4 aromatic rings. The summed E-state index contributed by atoms with van der Waals surface area (Å²) in [5.74, 6) is 2.63. The first kappa shape index (κ1) is 17.6. The van der Waals surface area contributed by atoms with Gasteiger partial charge in [-0.15, -0.1) is 0 Å². The topological polar surface area (TPSA) is 68.3 Å². The van der Waals surface area contributed by atoms with E-state index >= 15 is 0 Å². The van der Waals surface area contributed by atoms with Crippen LogP contribution < -0.4 is 20.1 Å². The maximum absolute atomic E-state index is 5.45. The molecule has 28 heavy (non-hydrogen) atoms. The largest absolute Gasteiger partial charge is 0.495 e. The maximum atomic E-state index is 5.45. The Morgan fingerprint density at radius 3 is 1.39 bits per heavy atom. The molecule has 4 rings (SSSR count). The molecule has 0 atom stereocenters. The summed E-state index contributed by atoms with van der Waals surface area (Å²) in [7, 11) is 3.28. The van der Waals surface area contributed by atoms with Crippen LogP contribution in [0.15, 0.2) is 72.8 Å². The second-order valence-corrected chi connectivity index (χ2v) is 6.06. The molecule has 0 fully saturated rings. The first-order valence-electron chi connectivity index (χ1n) is 8.85. The molecule has 0 saturated heterocycles. The summed E-state index contributed by atoms with van der Waals surface area (Å²) in [6.45, 7) is 0. The summed E-state index contributed by atoms with van der Waals surface area (Å²) in [6.07, 6.45) is 0. The smallest absolute Gasteiger partial charge is 0.174 e. The number of benzene rings is 3. The highest BCUT2D eigenvalue weighted by Crippen LogP contribution is 2.33. The predicted molar refractivity (Wildman–Crippen MR) is 112 cm³/mol. The number of aromatic nitrogens is 2. The van der Waals surface area contributed by atoms with Crippen LogP contribution in [0.4, 0.5) is 23.0 Å². The minimum atomic E-state index is 0.592. The average molecular weight is 372 g/mol. The summed E-state index contributed by atoms with van der Waals surface area (Å²) in [5, 5.41) is 6.68. The third kappa shape index (κ3) is 3.53. The Labute approximate surface area is 163 Å². The van der Waals surface area contributed by atoms with Crippen LogP contribution in [-0.4, -0.2) is 24.2 Å². The van der Waals surface area contributed by atoms with E-state index in [1.54, 1.807) is 14.2 Å². The molecule has 0 radical (unpaired) electrons. The van der Waals surface area contributed by atoms with Gasteiger partial charge in [-0.2, -0.15) is 0 Å². The van der Waals surface area contributed by atoms with Crippen LogP contribution in [0, 0.1) is 0 Å². The Kier molecular flexibility index (Phi) is 4.93. The second-order valence-electron chi connectivity index (χ2n) is 6.06. The van der Waals surface area contributed by atoms with Crippen molar-refractivity contribution in [2.24, 2.45) is 0 Å². The molecule has 1 heterocycles. The summed E-state index contributed by atoms with van der Waals surface area (Å²) in [6, 6.07) is 23.1. The zero-order valence-electron chi connectivity index (χ0n) is 15.6. The standard InChI is InChI=1S/C22H20N4O2/c1-27-19-13-7-5-11-17(19)25-21-22(24-16-10-4-3-9-15(16)23-21)26-18-12-6-8-14-20(18)28-2/h3-14H,1-2H3,(H,23,25)(H,24,26). The average Bonchev–Trinajstić information content (AvgIpc) is 2.75. The Hall–Kier alpha value is -3.80. The van der Waals surface area contributed by atoms with Gasteiger partial charge in [0.2, 0.25) is 0 Å². The van der Waals surface area contributed by atoms with E-state index in [2.05, 4.69) is 10.6 Å². The lowest BCUT2D eigenvalue weighted by Crippen LogP contribution is -2.05. The van der Waals surface area contributed by atoms with Gasteiger partial charge in [-0.3, -0.25) is 0 Å². The molecule has 6 heteroatoms. The lowest BCUT2D eigenvalue weighted by molar-refractivity contribution is 0.416. The van der Waals surface area contributed by atoms with Gasteiger partial charge in [0.1, 0.15) is 11.5 Å². The van der Waals surface area contributed by atoms with Crippen molar-refractivity contribution in [1.29, 1.82) is 0 Å². The van der Waals surface area contributed by atoms with E-state index in [4.69, 9.17) is 19.4 Å². The van der Waals surface area contributed by atoms with Crippen LogP contribution in [0.5, 0.6) is 11.5 Å². The summed E-state index contributed by atoms with van der Waals surface area (Å²) in [5.41, 5.74) is 3.20. The molecule has 6 nitrogen and oxygen atoms in total. The number of rotatable bonds is 6. The van der Waals surface area contributed by atoms with Gasteiger partial charge in [0, 0.05) is 0 Å². The van der Waals surface area contributed by atoms with Crippen molar-refractivity contribution in [2.45, 2.75) is 0 Å². The van der Waals surface area contributed by atoms with Crippen molar-refractivity contribution in [1.82, 2.24) is 9.97 Å². The molecule has 140 valence electrons. The van der Waals surface area contributed by atoms with Crippen molar-refractivity contribution in [2.75, 3.05) is 24.9 Å². The maximum Gasteiger partial charge on any atom is 0.174 e. The van der Waals surface area contributed by atoms with E-state index in [0.29, 0.717) is 11.6 Å². The number of ether oxygens (including phenoxy) is 2. The van der Waals surface area contributed by atoms with Crippen molar-refractivity contribution >= 4 is 34.0 Å². The van der Waals surface area contributed by atoms with Gasteiger partial charge >= 0.3 is 0 Å². The minimum Gasteiger partial charge on any atom is -0.495 e. The molecule has 0 spiro atoms. The van der Waals surface area contributed by atoms with Crippen LogP contribution in [-0.2, 0) is 0 Å².